The maximum absolute atomic E-state index is 12.7. The lowest BCUT2D eigenvalue weighted by molar-refractivity contribution is -0.138. The Balaban J connectivity index is 2.82. The maximum Gasteiger partial charge on any atom is 0.417 e. The highest BCUT2D eigenvalue weighted by molar-refractivity contribution is 9.10. The highest BCUT2D eigenvalue weighted by Gasteiger charge is 2.33. The number of halogens is 4. The summed E-state index contributed by atoms with van der Waals surface area (Å²) in [7, 11) is 0. The second-order valence-corrected chi connectivity index (χ2v) is 4.96. The molecule has 1 atom stereocenters. The fourth-order valence-corrected chi connectivity index (χ4v) is 2.03. The number of hydrogen-bond acceptors (Lipinski definition) is 1. The van der Waals surface area contributed by atoms with E-state index in [0.717, 1.165) is 18.9 Å². The average molecular weight is 322 g/mol. The Morgan fingerprint density at radius 2 is 2.11 bits per heavy atom. The van der Waals surface area contributed by atoms with Gasteiger partial charge in [-0.2, -0.15) is 13.2 Å². The van der Waals surface area contributed by atoms with Crippen LogP contribution >= 0.6 is 15.9 Å². The van der Waals surface area contributed by atoms with Gasteiger partial charge in [0.2, 0.25) is 0 Å². The lowest BCUT2D eigenvalue weighted by Gasteiger charge is -2.16. The summed E-state index contributed by atoms with van der Waals surface area (Å²) in [6, 6.07) is 4.26. The van der Waals surface area contributed by atoms with Gasteiger partial charge in [0.25, 0.3) is 0 Å². The molecule has 5 heteroatoms. The minimum absolute atomic E-state index is 0.0549. The number of allylic oxidation sites excluding steroid dienone is 1. The monoisotopic (exact) mass is 321 g/mol. The average Bonchev–Trinajstić information content (AvgIpc) is 2.27. The first-order valence-corrected chi connectivity index (χ1v) is 6.38. The van der Waals surface area contributed by atoms with Gasteiger partial charge in [-0.25, -0.2) is 0 Å². The third kappa shape index (κ3) is 4.37. The van der Waals surface area contributed by atoms with Gasteiger partial charge in [-0.1, -0.05) is 22.0 Å². The normalized spacial score (nSPS) is 13.2. The van der Waals surface area contributed by atoms with Crippen molar-refractivity contribution in [3.63, 3.8) is 0 Å². The molecule has 1 nitrogen and oxygen atoms in total. The molecule has 0 bridgehead atoms. The van der Waals surface area contributed by atoms with Crippen LogP contribution in [0, 0.1) is 0 Å². The zero-order chi connectivity index (χ0) is 13.8. The predicted molar refractivity (Wildman–Crippen MR) is 71.7 cm³/mol. The van der Waals surface area contributed by atoms with Crippen molar-refractivity contribution in [2.24, 2.45) is 0 Å². The van der Waals surface area contributed by atoms with E-state index in [0.29, 0.717) is 5.69 Å². The molecular weight excluding hydrogens is 307 g/mol. The van der Waals surface area contributed by atoms with Gasteiger partial charge < -0.3 is 5.32 Å². The molecule has 1 unspecified atom stereocenters. The van der Waals surface area contributed by atoms with E-state index in [1.165, 1.54) is 6.07 Å². The van der Waals surface area contributed by atoms with Gasteiger partial charge in [-0.15, -0.1) is 6.58 Å². The van der Waals surface area contributed by atoms with Crippen molar-refractivity contribution in [2.75, 3.05) is 5.32 Å². The lowest BCUT2D eigenvalue weighted by atomic mass is 10.1. The molecule has 100 valence electrons. The van der Waals surface area contributed by atoms with Crippen molar-refractivity contribution in [1.82, 2.24) is 0 Å². The molecule has 1 aromatic rings. The van der Waals surface area contributed by atoms with Crippen LogP contribution in [0.1, 0.15) is 25.3 Å². The number of alkyl halides is 3. The molecular formula is C13H15BrF3N. The molecule has 0 radical (unpaired) electrons. The summed E-state index contributed by atoms with van der Waals surface area (Å²) in [4.78, 5) is 0. The first-order chi connectivity index (χ1) is 8.34. The van der Waals surface area contributed by atoms with E-state index in [9.17, 15) is 13.2 Å². The van der Waals surface area contributed by atoms with Crippen LogP contribution in [0.2, 0.25) is 0 Å². The third-order valence-corrected chi connectivity index (χ3v) is 3.18. The summed E-state index contributed by atoms with van der Waals surface area (Å²) in [5.74, 6) is 0. The van der Waals surface area contributed by atoms with Crippen molar-refractivity contribution in [3.8, 4) is 0 Å². The van der Waals surface area contributed by atoms with E-state index in [1.807, 2.05) is 6.92 Å². The molecule has 0 heterocycles. The predicted octanol–water partition coefficient (Wildman–Crippen LogP) is 5.23. The second kappa shape index (κ2) is 6.27. The molecule has 18 heavy (non-hydrogen) atoms. The van der Waals surface area contributed by atoms with E-state index in [2.05, 4.69) is 27.8 Å². The van der Waals surface area contributed by atoms with Crippen molar-refractivity contribution in [3.05, 3.63) is 40.9 Å². The smallest absolute Gasteiger partial charge is 0.383 e. The van der Waals surface area contributed by atoms with Crippen LogP contribution in [-0.2, 0) is 6.18 Å². The number of anilines is 1. The molecule has 0 amide bonds. The van der Waals surface area contributed by atoms with Crippen molar-refractivity contribution >= 4 is 21.6 Å². The zero-order valence-corrected chi connectivity index (χ0v) is 11.6. The molecule has 0 fully saturated rings. The molecule has 0 aliphatic rings. The molecule has 0 aliphatic carbocycles. The van der Waals surface area contributed by atoms with Crippen LogP contribution < -0.4 is 5.32 Å². The summed E-state index contributed by atoms with van der Waals surface area (Å²) in [5, 5.41) is 3.05. The van der Waals surface area contributed by atoms with Gasteiger partial charge in [0.1, 0.15) is 0 Å². The van der Waals surface area contributed by atoms with Crippen LogP contribution in [0.15, 0.2) is 35.3 Å². The molecule has 1 aromatic carbocycles. The minimum atomic E-state index is -4.35. The Morgan fingerprint density at radius 1 is 1.44 bits per heavy atom. The van der Waals surface area contributed by atoms with Crippen LogP contribution in [0.3, 0.4) is 0 Å². The van der Waals surface area contributed by atoms with Crippen molar-refractivity contribution < 1.29 is 13.2 Å². The van der Waals surface area contributed by atoms with Gasteiger partial charge in [0, 0.05) is 16.2 Å². The molecule has 0 aliphatic heterocycles. The standard InChI is InChI=1S/C13H15BrF3N/c1-3-4-5-9(2)18-10-6-7-12(14)11(8-10)13(15,16)17/h3,6-9,18H,1,4-5H2,2H3. The maximum atomic E-state index is 12.7. The highest BCUT2D eigenvalue weighted by atomic mass is 79.9. The number of hydrogen-bond donors (Lipinski definition) is 1. The molecule has 1 N–H and O–H groups in total. The lowest BCUT2D eigenvalue weighted by Crippen LogP contribution is -2.15. The summed E-state index contributed by atoms with van der Waals surface area (Å²) in [6.45, 7) is 5.54. The Labute approximate surface area is 113 Å². The van der Waals surface area contributed by atoms with E-state index in [-0.39, 0.29) is 10.5 Å². The molecule has 0 aromatic heterocycles. The molecule has 0 saturated carbocycles. The van der Waals surface area contributed by atoms with Crippen LogP contribution in [0.5, 0.6) is 0 Å². The summed E-state index contributed by atoms with van der Waals surface area (Å²) < 4.78 is 38.1. The first kappa shape index (κ1) is 15.1. The van der Waals surface area contributed by atoms with Gasteiger partial charge in [0.05, 0.1) is 5.56 Å². The van der Waals surface area contributed by atoms with Crippen LogP contribution in [0.4, 0.5) is 18.9 Å². The molecule has 0 spiro atoms. The number of nitrogens with one attached hydrogen (secondary N) is 1. The van der Waals surface area contributed by atoms with E-state index in [1.54, 1.807) is 12.1 Å². The van der Waals surface area contributed by atoms with E-state index < -0.39 is 11.7 Å². The van der Waals surface area contributed by atoms with Gasteiger partial charge in [-0.05, 0) is 38.0 Å². The fourth-order valence-electron chi connectivity index (χ4n) is 1.56. The summed E-state index contributed by atoms with van der Waals surface area (Å²) >= 11 is 2.91. The Morgan fingerprint density at radius 3 is 2.67 bits per heavy atom. The summed E-state index contributed by atoms with van der Waals surface area (Å²) in [5.41, 5.74) is -0.189. The van der Waals surface area contributed by atoms with Crippen molar-refractivity contribution in [1.29, 1.82) is 0 Å². The minimum Gasteiger partial charge on any atom is -0.383 e. The SMILES string of the molecule is C=CCCC(C)Nc1ccc(Br)c(C(F)(F)F)c1. The fraction of sp³-hybridized carbons (Fsp3) is 0.385. The van der Waals surface area contributed by atoms with Crippen molar-refractivity contribution in [2.45, 2.75) is 32.0 Å². The van der Waals surface area contributed by atoms with Gasteiger partial charge in [0.15, 0.2) is 0 Å². The van der Waals surface area contributed by atoms with Crippen LogP contribution in [-0.4, -0.2) is 6.04 Å². The van der Waals surface area contributed by atoms with E-state index in [4.69, 9.17) is 0 Å². The van der Waals surface area contributed by atoms with Gasteiger partial charge >= 0.3 is 6.18 Å². The molecule has 0 saturated heterocycles. The number of benzene rings is 1. The Bertz CT molecular complexity index is 415. The molecule has 1 rings (SSSR count). The first-order valence-electron chi connectivity index (χ1n) is 5.58. The van der Waals surface area contributed by atoms with E-state index >= 15 is 0 Å². The zero-order valence-electron chi connectivity index (χ0n) is 10.0. The summed E-state index contributed by atoms with van der Waals surface area (Å²) in [6.07, 6.45) is -0.889. The van der Waals surface area contributed by atoms with Gasteiger partial charge in [-0.3, -0.25) is 0 Å². The quantitative estimate of drug-likeness (QED) is 0.732. The largest absolute Gasteiger partial charge is 0.417 e. The third-order valence-electron chi connectivity index (χ3n) is 2.49. The highest BCUT2D eigenvalue weighted by Crippen LogP contribution is 2.36. The Hall–Kier alpha value is -0.970. The number of rotatable bonds is 5. The Kier molecular flexibility index (Phi) is 5.26. The topological polar surface area (TPSA) is 12.0 Å². The second-order valence-electron chi connectivity index (χ2n) is 4.10. The van der Waals surface area contributed by atoms with Crippen LogP contribution in [0.25, 0.3) is 0 Å².